The number of aliphatic carboxylic acids is 2. The molecule has 1 rings (SSSR count). The first-order chi connectivity index (χ1) is 16.7. The Kier molecular flexibility index (Phi) is 11.8. The van der Waals surface area contributed by atoms with E-state index in [2.05, 4.69) is 10.6 Å². The number of nitrogens with one attached hydrogen (secondary N) is 3. The van der Waals surface area contributed by atoms with Gasteiger partial charge >= 0.3 is 11.9 Å². The van der Waals surface area contributed by atoms with Gasteiger partial charge in [-0.15, -0.1) is 0 Å². The molecule has 0 bridgehead atoms. The van der Waals surface area contributed by atoms with E-state index < -0.39 is 66.4 Å². The molecule has 1 aromatic carbocycles. The zero-order valence-electron chi connectivity index (χ0n) is 20.3. The molecule has 200 valence electrons. The standard InChI is InChI=1S/C23H34N4O9/c1-11(2)8-15(24)20(32)25-16(9-13-4-6-14(29)7-5-13)21(33)26-17(10-18(30)31)22(34)27-19(12(3)28)23(35)36/h4-7,11-12,15-17,19,28-29H,8-10,24H2,1-3H3,(H,25,32)(H,26,33)(H,27,34)(H,30,31)(H,35,36). The predicted molar refractivity (Wildman–Crippen MR) is 127 cm³/mol. The van der Waals surface area contributed by atoms with Crippen molar-refractivity contribution in [3.63, 3.8) is 0 Å². The summed E-state index contributed by atoms with van der Waals surface area (Å²) in [5, 5.41) is 44.2. The van der Waals surface area contributed by atoms with E-state index in [9.17, 15) is 39.3 Å². The van der Waals surface area contributed by atoms with Gasteiger partial charge in [-0.3, -0.25) is 19.2 Å². The third kappa shape index (κ3) is 10.3. The molecule has 3 amide bonds. The third-order valence-electron chi connectivity index (χ3n) is 5.13. The van der Waals surface area contributed by atoms with Gasteiger partial charge < -0.3 is 42.1 Å². The lowest BCUT2D eigenvalue weighted by Gasteiger charge is -2.25. The minimum atomic E-state index is -1.74. The molecule has 13 nitrogen and oxygen atoms in total. The Morgan fingerprint density at radius 1 is 0.861 bits per heavy atom. The summed E-state index contributed by atoms with van der Waals surface area (Å²) in [6.45, 7) is 4.84. The van der Waals surface area contributed by atoms with E-state index in [0.717, 1.165) is 6.92 Å². The summed E-state index contributed by atoms with van der Waals surface area (Å²) in [4.78, 5) is 60.9. The number of amides is 3. The number of carbonyl (C=O) groups excluding carboxylic acids is 3. The van der Waals surface area contributed by atoms with E-state index in [1.54, 1.807) is 0 Å². The van der Waals surface area contributed by atoms with Crippen LogP contribution in [-0.4, -0.2) is 80.4 Å². The average Bonchev–Trinajstić information content (AvgIpc) is 2.76. The van der Waals surface area contributed by atoms with Crippen LogP contribution in [0.1, 0.15) is 39.2 Å². The second-order valence-electron chi connectivity index (χ2n) is 8.89. The number of aliphatic hydroxyl groups is 1. The molecular weight excluding hydrogens is 476 g/mol. The lowest BCUT2D eigenvalue weighted by molar-refractivity contribution is -0.146. The maximum Gasteiger partial charge on any atom is 0.328 e. The topological polar surface area (TPSA) is 228 Å². The van der Waals surface area contributed by atoms with E-state index >= 15 is 0 Å². The van der Waals surface area contributed by atoms with Crippen molar-refractivity contribution in [1.29, 1.82) is 0 Å². The van der Waals surface area contributed by atoms with Gasteiger partial charge in [0.2, 0.25) is 17.7 Å². The Balaban J connectivity index is 3.15. The van der Waals surface area contributed by atoms with Crippen molar-refractivity contribution in [3.05, 3.63) is 29.8 Å². The van der Waals surface area contributed by atoms with Gasteiger partial charge in [-0.2, -0.15) is 0 Å². The quantitative estimate of drug-likeness (QED) is 0.147. The monoisotopic (exact) mass is 510 g/mol. The third-order valence-corrected chi connectivity index (χ3v) is 5.13. The number of carbonyl (C=O) groups is 5. The zero-order valence-corrected chi connectivity index (χ0v) is 20.3. The van der Waals surface area contributed by atoms with Gasteiger partial charge in [-0.25, -0.2) is 4.79 Å². The molecule has 0 aliphatic carbocycles. The summed E-state index contributed by atoms with van der Waals surface area (Å²) in [6, 6.07) is 0.108. The van der Waals surface area contributed by atoms with Crippen LogP contribution in [0.25, 0.3) is 0 Å². The fraction of sp³-hybridized carbons (Fsp3) is 0.522. The van der Waals surface area contributed by atoms with Gasteiger partial charge in [-0.05, 0) is 37.0 Å². The molecule has 36 heavy (non-hydrogen) atoms. The Bertz CT molecular complexity index is 934. The van der Waals surface area contributed by atoms with Gasteiger partial charge in [-0.1, -0.05) is 26.0 Å². The number of rotatable bonds is 14. The number of carboxylic acids is 2. The molecule has 0 saturated carbocycles. The fourth-order valence-electron chi connectivity index (χ4n) is 3.27. The second kappa shape index (κ2) is 14.0. The number of carboxylic acid groups (broad SMARTS) is 2. The Hall–Kier alpha value is -3.71. The number of benzene rings is 1. The summed E-state index contributed by atoms with van der Waals surface area (Å²) in [6.07, 6.45) is -2.15. The highest BCUT2D eigenvalue weighted by atomic mass is 16.4. The number of phenolic OH excluding ortho intramolecular Hbond substituents is 1. The van der Waals surface area contributed by atoms with Gasteiger partial charge in [0, 0.05) is 6.42 Å². The van der Waals surface area contributed by atoms with Crippen LogP contribution in [0.2, 0.25) is 0 Å². The van der Waals surface area contributed by atoms with E-state index in [1.807, 2.05) is 19.2 Å². The highest BCUT2D eigenvalue weighted by Gasteiger charge is 2.33. The highest BCUT2D eigenvalue weighted by Crippen LogP contribution is 2.12. The smallest absolute Gasteiger partial charge is 0.328 e. The zero-order chi connectivity index (χ0) is 27.6. The van der Waals surface area contributed by atoms with Crippen molar-refractivity contribution in [2.45, 2.75) is 70.3 Å². The van der Waals surface area contributed by atoms with Gasteiger partial charge in [0.1, 0.15) is 17.8 Å². The molecule has 0 spiro atoms. The van der Waals surface area contributed by atoms with Crippen molar-refractivity contribution in [1.82, 2.24) is 16.0 Å². The van der Waals surface area contributed by atoms with Gasteiger partial charge in [0.15, 0.2) is 6.04 Å². The van der Waals surface area contributed by atoms with Crippen LogP contribution in [0, 0.1) is 5.92 Å². The first-order valence-electron chi connectivity index (χ1n) is 11.3. The highest BCUT2D eigenvalue weighted by molar-refractivity contribution is 5.95. The predicted octanol–water partition coefficient (Wildman–Crippen LogP) is -1.30. The largest absolute Gasteiger partial charge is 0.508 e. The second-order valence-corrected chi connectivity index (χ2v) is 8.89. The van der Waals surface area contributed by atoms with E-state index in [1.165, 1.54) is 24.3 Å². The summed E-state index contributed by atoms with van der Waals surface area (Å²) >= 11 is 0. The van der Waals surface area contributed by atoms with Crippen LogP contribution in [-0.2, 0) is 30.4 Å². The molecule has 0 aliphatic heterocycles. The molecule has 0 aromatic heterocycles. The molecule has 0 fully saturated rings. The van der Waals surface area contributed by atoms with Crippen LogP contribution in [0.15, 0.2) is 24.3 Å². The number of hydrogen-bond donors (Lipinski definition) is 8. The van der Waals surface area contributed by atoms with Gasteiger partial charge in [0.25, 0.3) is 0 Å². The lowest BCUT2D eigenvalue weighted by Crippen LogP contribution is -2.59. The SMILES string of the molecule is CC(C)CC(N)C(=O)NC(Cc1ccc(O)cc1)C(=O)NC(CC(=O)O)C(=O)NC(C(=O)O)C(C)O. The maximum atomic E-state index is 13.1. The molecule has 5 atom stereocenters. The van der Waals surface area contributed by atoms with E-state index in [4.69, 9.17) is 10.8 Å². The van der Waals surface area contributed by atoms with Crippen LogP contribution in [0.4, 0.5) is 0 Å². The number of phenols is 1. The summed E-state index contributed by atoms with van der Waals surface area (Å²) in [5.41, 5.74) is 6.44. The normalized spacial score (nSPS) is 15.2. The average molecular weight is 511 g/mol. The first kappa shape index (κ1) is 30.3. The van der Waals surface area contributed by atoms with Crippen molar-refractivity contribution in [3.8, 4) is 5.75 Å². The van der Waals surface area contributed by atoms with Crippen molar-refractivity contribution >= 4 is 29.7 Å². The Morgan fingerprint density at radius 3 is 1.86 bits per heavy atom. The number of aliphatic hydroxyl groups excluding tert-OH is 1. The molecule has 0 saturated heterocycles. The molecule has 5 unspecified atom stereocenters. The summed E-state index contributed by atoms with van der Waals surface area (Å²) in [5.74, 6) is -5.65. The van der Waals surface area contributed by atoms with Crippen LogP contribution < -0.4 is 21.7 Å². The van der Waals surface area contributed by atoms with Gasteiger partial charge in [0.05, 0.1) is 18.6 Å². The minimum absolute atomic E-state index is 0.0213. The molecule has 1 aromatic rings. The minimum Gasteiger partial charge on any atom is -0.508 e. The molecule has 0 aliphatic rings. The summed E-state index contributed by atoms with van der Waals surface area (Å²) in [7, 11) is 0. The lowest BCUT2D eigenvalue weighted by atomic mass is 10.0. The fourth-order valence-corrected chi connectivity index (χ4v) is 3.27. The molecule has 0 heterocycles. The van der Waals surface area contributed by atoms with Crippen LogP contribution in [0.5, 0.6) is 5.75 Å². The molecular formula is C23H34N4O9. The number of aromatic hydroxyl groups is 1. The van der Waals surface area contributed by atoms with Crippen molar-refractivity contribution in [2.75, 3.05) is 0 Å². The molecule has 13 heteroatoms. The Labute approximate surface area is 208 Å². The Morgan fingerprint density at radius 2 is 1.39 bits per heavy atom. The summed E-state index contributed by atoms with van der Waals surface area (Å²) < 4.78 is 0. The van der Waals surface area contributed by atoms with Crippen LogP contribution >= 0.6 is 0 Å². The maximum absolute atomic E-state index is 13.1. The number of nitrogens with two attached hydrogens (primary N) is 1. The van der Waals surface area contributed by atoms with Crippen molar-refractivity contribution in [2.24, 2.45) is 11.7 Å². The first-order valence-corrected chi connectivity index (χ1v) is 11.3. The van der Waals surface area contributed by atoms with Crippen LogP contribution in [0.3, 0.4) is 0 Å². The molecule has 0 radical (unpaired) electrons. The molecule has 9 N–H and O–H groups in total. The van der Waals surface area contributed by atoms with Crippen molar-refractivity contribution < 1.29 is 44.4 Å². The van der Waals surface area contributed by atoms with E-state index in [0.29, 0.717) is 12.0 Å². The van der Waals surface area contributed by atoms with E-state index in [-0.39, 0.29) is 18.1 Å². The number of hydrogen-bond acceptors (Lipinski definition) is 8.